The summed E-state index contributed by atoms with van der Waals surface area (Å²) in [5, 5.41) is 0.860. The summed E-state index contributed by atoms with van der Waals surface area (Å²) in [6.45, 7) is 2.66. The molecule has 0 amide bonds. The molecule has 1 unspecified atom stereocenters. The number of rotatable bonds is 4. The predicted octanol–water partition coefficient (Wildman–Crippen LogP) is 2.78. The van der Waals surface area contributed by atoms with Gasteiger partial charge in [-0.15, -0.1) is 0 Å². The largest absolute Gasteiger partial charge is 0.440 e. The first-order valence-corrected chi connectivity index (χ1v) is 6.01. The molecule has 1 aromatic heterocycles. The van der Waals surface area contributed by atoms with E-state index in [2.05, 4.69) is 24.0 Å². The molecule has 2 rings (SSSR count). The SMILES string of the molecule is Cc1ccccc1C(CN)Sc1ncco1. The zero-order chi connectivity index (χ0) is 11.4. The molecule has 2 aromatic rings. The van der Waals surface area contributed by atoms with Gasteiger partial charge in [0.2, 0.25) is 0 Å². The molecule has 2 N–H and O–H groups in total. The van der Waals surface area contributed by atoms with Crippen LogP contribution in [0.25, 0.3) is 0 Å². The maximum absolute atomic E-state index is 5.80. The summed E-state index contributed by atoms with van der Waals surface area (Å²) in [5.41, 5.74) is 8.29. The molecule has 0 fully saturated rings. The van der Waals surface area contributed by atoms with Gasteiger partial charge in [0, 0.05) is 6.54 Å². The van der Waals surface area contributed by atoms with Gasteiger partial charge in [0.1, 0.15) is 6.26 Å². The Bertz CT molecular complexity index is 442. The van der Waals surface area contributed by atoms with E-state index in [4.69, 9.17) is 10.2 Å². The quantitative estimate of drug-likeness (QED) is 0.826. The van der Waals surface area contributed by atoms with Crippen molar-refractivity contribution in [2.75, 3.05) is 6.54 Å². The van der Waals surface area contributed by atoms with Gasteiger partial charge in [-0.05, 0) is 18.1 Å². The van der Waals surface area contributed by atoms with Crippen molar-refractivity contribution < 1.29 is 4.42 Å². The number of aromatic nitrogens is 1. The normalized spacial score (nSPS) is 12.6. The van der Waals surface area contributed by atoms with Crippen molar-refractivity contribution in [1.29, 1.82) is 0 Å². The molecule has 1 heterocycles. The lowest BCUT2D eigenvalue weighted by Gasteiger charge is -2.14. The van der Waals surface area contributed by atoms with Crippen molar-refractivity contribution in [3.8, 4) is 0 Å². The first-order valence-electron chi connectivity index (χ1n) is 5.13. The third-order valence-corrected chi connectivity index (χ3v) is 3.54. The van der Waals surface area contributed by atoms with Gasteiger partial charge in [-0.25, -0.2) is 4.98 Å². The second-order valence-corrected chi connectivity index (χ2v) is 4.65. The number of oxazole rings is 1. The third kappa shape index (κ3) is 2.46. The number of benzene rings is 1. The molecule has 0 aliphatic heterocycles. The van der Waals surface area contributed by atoms with E-state index in [1.165, 1.54) is 11.1 Å². The molecule has 16 heavy (non-hydrogen) atoms. The fourth-order valence-electron chi connectivity index (χ4n) is 1.58. The van der Waals surface area contributed by atoms with Crippen LogP contribution >= 0.6 is 11.8 Å². The zero-order valence-electron chi connectivity index (χ0n) is 9.09. The van der Waals surface area contributed by atoms with Crippen LogP contribution in [-0.4, -0.2) is 11.5 Å². The molecule has 0 saturated heterocycles. The fourth-order valence-corrected chi connectivity index (χ4v) is 2.54. The first kappa shape index (κ1) is 11.2. The van der Waals surface area contributed by atoms with Gasteiger partial charge in [0.15, 0.2) is 0 Å². The van der Waals surface area contributed by atoms with Crippen LogP contribution in [0.3, 0.4) is 0 Å². The fraction of sp³-hybridized carbons (Fsp3) is 0.250. The molecule has 3 nitrogen and oxygen atoms in total. The second-order valence-electron chi connectivity index (χ2n) is 3.50. The lowest BCUT2D eigenvalue weighted by atomic mass is 10.1. The van der Waals surface area contributed by atoms with Crippen LogP contribution in [0.5, 0.6) is 0 Å². The first-order chi connectivity index (χ1) is 7.81. The van der Waals surface area contributed by atoms with Crippen LogP contribution in [0.1, 0.15) is 16.4 Å². The van der Waals surface area contributed by atoms with Gasteiger partial charge in [-0.1, -0.05) is 36.0 Å². The molecule has 0 bridgehead atoms. The second kappa shape index (κ2) is 5.18. The van der Waals surface area contributed by atoms with E-state index >= 15 is 0 Å². The number of thioether (sulfide) groups is 1. The van der Waals surface area contributed by atoms with Gasteiger partial charge < -0.3 is 10.2 Å². The Morgan fingerprint density at radius 3 is 2.88 bits per heavy atom. The monoisotopic (exact) mass is 234 g/mol. The Morgan fingerprint density at radius 1 is 1.44 bits per heavy atom. The predicted molar refractivity (Wildman–Crippen MR) is 65.3 cm³/mol. The maximum Gasteiger partial charge on any atom is 0.256 e. The Balaban J connectivity index is 2.20. The highest BCUT2D eigenvalue weighted by Crippen LogP contribution is 2.34. The number of hydrogen-bond acceptors (Lipinski definition) is 4. The minimum atomic E-state index is 0.194. The molecular weight excluding hydrogens is 220 g/mol. The number of hydrogen-bond donors (Lipinski definition) is 1. The summed E-state index contributed by atoms with van der Waals surface area (Å²) in [7, 11) is 0. The number of aryl methyl sites for hydroxylation is 1. The lowest BCUT2D eigenvalue weighted by Crippen LogP contribution is -2.10. The van der Waals surface area contributed by atoms with E-state index in [0.29, 0.717) is 11.8 Å². The van der Waals surface area contributed by atoms with Gasteiger partial charge in [-0.3, -0.25) is 0 Å². The van der Waals surface area contributed by atoms with Gasteiger partial charge in [-0.2, -0.15) is 0 Å². The Kier molecular flexibility index (Phi) is 3.64. The molecule has 0 aliphatic carbocycles. The van der Waals surface area contributed by atoms with E-state index in [0.717, 1.165) is 0 Å². The van der Waals surface area contributed by atoms with Crippen molar-refractivity contribution >= 4 is 11.8 Å². The summed E-state index contributed by atoms with van der Waals surface area (Å²) < 4.78 is 5.22. The van der Waals surface area contributed by atoms with Crippen LogP contribution in [0, 0.1) is 6.92 Å². The molecule has 0 saturated carbocycles. The van der Waals surface area contributed by atoms with Gasteiger partial charge >= 0.3 is 0 Å². The maximum atomic E-state index is 5.80. The van der Waals surface area contributed by atoms with Gasteiger partial charge in [0.05, 0.1) is 11.4 Å². The summed E-state index contributed by atoms with van der Waals surface area (Å²) in [5.74, 6) is 0. The van der Waals surface area contributed by atoms with Crippen LogP contribution in [0.4, 0.5) is 0 Å². The molecule has 1 atom stereocenters. The number of nitrogens with zero attached hydrogens (tertiary/aromatic N) is 1. The molecule has 0 spiro atoms. The average Bonchev–Trinajstić information content (AvgIpc) is 2.80. The van der Waals surface area contributed by atoms with E-state index in [1.54, 1.807) is 24.2 Å². The topological polar surface area (TPSA) is 52.0 Å². The molecular formula is C12H14N2OS. The van der Waals surface area contributed by atoms with Crippen molar-refractivity contribution in [1.82, 2.24) is 4.98 Å². The van der Waals surface area contributed by atoms with Crippen molar-refractivity contribution in [2.24, 2.45) is 5.73 Å². The highest BCUT2D eigenvalue weighted by atomic mass is 32.2. The molecule has 0 radical (unpaired) electrons. The van der Waals surface area contributed by atoms with E-state index in [9.17, 15) is 0 Å². The summed E-state index contributed by atoms with van der Waals surface area (Å²) in [6.07, 6.45) is 3.22. The van der Waals surface area contributed by atoms with E-state index < -0.39 is 0 Å². The van der Waals surface area contributed by atoms with Crippen molar-refractivity contribution in [3.63, 3.8) is 0 Å². The summed E-state index contributed by atoms with van der Waals surface area (Å²) in [6, 6.07) is 8.25. The molecule has 84 valence electrons. The summed E-state index contributed by atoms with van der Waals surface area (Å²) >= 11 is 1.56. The molecule has 1 aromatic carbocycles. The highest BCUT2D eigenvalue weighted by molar-refractivity contribution is 7.99. The Labute approximate surface area is 99.1 Å². The van der Waals surface area contributed by atoms with Crippen LogP contribution in [0.15, 0.2) is 46.4 Å². The smallest absolute Gasteiger partial charge is 0.256 e. The van der Waals surface area contributed by atoms with Crippen LogP contribution in [-0.2, 0) is 0 Å². The van der Waals surface area contributed by atoms with E-state index in [-0.39, 0.29) is 5.25 Å². The highest BCUT2D eigenvalue weighted by Gasteiger charge is 2.15. The van der Waals surface area contributed by atoms with E-state index in [1.807, 2.05) is 12.1 Å². The Morgan fingerprint density at radius 2 is 2.25 bits per heavy atom. The van der Waals surface area contributed by atoms with Crippen molar-refractivity contribution in [2.45, 2.75) is 17.4 Å². The van der Waals surface area contributed by atoms with Crippen LogP contribution < -0.4 is 5.73 Å². The minimum absolute atomic E-state index is 0.194. The minimum Gasteiger partial charge on any atom is -0.440 e. The third-order valence-electron chi connectivity index (χ3n) is 2.40. The zero-order valence-corrected chi connectivity index (χ0v) is 9.91. The summed E-state index contributed by atoms with van der Waals surface area (Å²) in [4.78, 5) is 4.10. The Hall–Kier alpha value is -1.26. The lowest BCUT2D eigenvalue weighted by molar-refractivity contribution is 0.453. The number of nitrogens with two attached hydrogens (primary N) is 1. The molecule has 4 heteroatoms. The molecule has 0 aliphatic rings. The van der Waals surface area contributed by atoms with Crippen molar-refractivity contribution in [3.05, 3.63) is 47.9 Å². The standard InChI is InChI=1S/C12H14N2OS/c1-9-4-2-3-5-10(9)11(8-13)16-12-14-6-7-15-12/h2-7,11H,8,13H2,1H3. The van der Waals surface area contributed by atoms with Gasteiger partial charge in [0.25, 0.3) is 5.22 Å². The average molecular weight is 234 g/mol. The van der Waals surface area contributed by atoms with Crippen LogP contribution in [0.2, 0.25) is 0 Å².